The Hall–Kier alpha value is -2.44. The Morgan fingerprint density at radius 3 is 1.45 bits per heavy atom. The van der Waals surface area contributed by atoms with Crippen molar-refractivity contribution in [3.8, 4) is 0 Å². The molecule has 0 bridgehead atoms. The molecule has 0 aliphatic carbocycles. The summed E-state index contributed by atoms with van der Waals surface area (Å²) < 4.78 is 5.88. The van der Waals surface area contributed by atoms with Gasteiger partial charge < -0.3 is 20.3 Å². The van der Waals surface area contributed by atoms with Crippen LogP contribution >= 0.6 is 0 Å². The lowest BCUT2D eigenvalue weighted by Crippen LogP contribution is -2.46. The molecular formula is C50H89NO5. The Morgan fingerprint density at radius 2 is 0.946 bits per heavy atom. The fraction of sp³-hybridized carbons (Fsp3) is 0.760. The van der Waals surface area contributed by atoms with Crippen molar-refractivity contribution in [2.45, 2.75) is 238 Å². The normalized spacial score (nSPS) is 13.9. The van der Waals surface area contributed by atoms with Crippen LogP contribution in [0, 0.1) is 0 Å². The summed E-state index contributed by atoms with van der Waals surface area (Å²) in [5.41, 5.74) is 0. The molecule has 1 amide bonds. The van der Waals surface area contributed by atoms with Gasteiger partial charge in [0, 0.05) is 6.42 Å². The van der Waals surface area contributed by atoms with Gasteiger partial charge in [0.05, 0.1) is 25.2 Å². The summed E-state index contributed by atoms with van der Waals surface area (Å²) in [6, 6.07) is -0.704. The third-order valence-corrected chi connectivity index (χ3v) is 10.5. The molecular weight excluding hydrogens is 695 g/mol. The molecule has 56 heavy (non-hydrogen) atoms. The highest BCUT2D eigenvalue weighted by molar-refractivity contribution is 5.77. The van der Waals surface area contributed by atoms with E-state index in [1.807, 2.05) is 24.3 Å². The van der Waals surface area contributed by atoms with Crippen LogP contribution in [0.5, 0.6) is 0 Å². The molecule has 0 aromatic carbocycles. The number of unbranched alkanes of at least 4 members (excludes halogenated alkanes) is 23. The first-order valence-corrected chi connectivity index (χ1v) is 23.6. The monoisotopic (exact) mass is 784 g/mol. The number of nitrogens with one attached hydrogen (secondary N) is 1. The zero-order valence-electron chi connectivity index (χ0n) is 36.8. The number of aliphatic hydroxyl groups excluding tert-OH is 2. The summed E-state index contributed by atoms with van der Waals surface area (Å²) in [5.74, 6) is -0.506. The zero-order valence-corrected chi connectivity index (χ0v) is 36.8. The lowest BCUT2D eigenvalue weighted by Gasteiger charge is -2.24. The molecule has 0 rings (SSSR count). The van der Waals surface area contributed by atoms with Gasteiger partial charge in [0.2, 0.25) is 5.91 Å². The molecule has 0 aliphatic rings. The average Bonchev–Trinajstić information content (AvgIpc) is 3.19. The van der Waals surface area contributed by atoms with Crippen molar-refractivity contribution < 1.29 is 24.5 Å². The zero-order chi connectivity index (χ0) is 41.0. The summed E-state index contributed by atoms with van der Waals surface area (Å²) >= 11 is 0. The number of ether oxygens (including phenoxy) is 1. The maximum absolute atomic E-state index is 13.1. The van der Waals surface area contributed by atoms with E-state index in [9.17, 15) is 19.8 Å². The largest absolute Gasteiger partial charge is 0.462 e. The van der Waals surface area contributed by atoms with Gasteiger partial charge in [-0.2, -0.15) is 0 Å². The maximum Gasteiger partial charge on any atom is 0.306 e. The van der Waals surface area contributed by atoms with E-state index in [0.717, 1.165) is 83.5 Å². The van der Waals surface area contributed by atoms with Crippen LogP contribution in [-0.4, -0.2) is 46.9 Å². The second-order valence-corrected chi connectivity index (χ2v) is 15.9. The van der Waals surface area contributed by atoms with Gasteiger partial charge in [-0.1, -0.05) is 223 Å². The van der Waals surface area contributed by atoms with Crippen molar-refractivity contribution in [2.24, 2.45) is 0 Å². The van der Waals surface area contributed by atoms with Crippen LogP contribution in [0.3, 0.4) is 0 Å². The standard InChI is InChI=1S/C50H89NO5/c1-4-7-10-13-16-19-21-22-23-24-25-26-27-29-31-34-37-40-43-50(55)56-46(41-38-35-32-18-15-12-9-6-3)44-49(54)51-47(45-52)48(53)42-39-36-33-30-28-20-17-14-11-8-5-2/h10,13,16,19,21-26,46-48,52-53H,4-9,11-12,14-15,17-18,20,27-45H2,1-3H3,(H,51,54)/b13-10+,19-16+,22-21+,24-23+,26-25+. The van der Waals surface area contributed by atoms with Gasteiger partial charge >= 0.3 is 5.97 Å². The van der Waals surface area contributed by atoms with Crippen LogP contribution < -0.4 is 5.32 Å². The van der Waals surface area contributed by atoms with Crippen LogP contribution in [0.15, 0.2) is 60.8 Å². The molecule has 3 atom stereocenters. The number of carbonyl (C=O) groups excluding carboxylic acids is 2. The third-order valence-electron chi connectivity index (χ3n) is 10.5. The van der Waals surface area contributed by atoms with E-state index in [1.165, 1.54) is 89.9 Å². The number of hydrogen-bond acceptors (Lipinski definition) is 5. The summed E-state index contributed by atoms with van der Waals surface area (Å²) in [6.07, 6.45) is 52.8. The Bertz CT molecular complexity index is 1010. The predicted octanol–water partition coefficient (Wildman–Crippen LogP) is 13.7. The number of aliphatic hydroxyl groups is 2. The average molecular weight is 784 g/mol. The highest BCUT2D eigenvalue weighted by Gasteiger charge is 2.24. The van der Waals surface area contributed by atoms with Crippen LogP contribution in [0.25, 0.3) is 0 Å². The maximum atomic E-state index is 13.1. The van der Waals surface area contributed by atoms with E-state index in [4.69, 9.17) is 4.74 Å². The smallest absolute Gasteiger partial charge is 0.306 e. The number of hydrogen-bond donors (Lipinski definition) is 3. The predicted molar refractivity (Wildman–Crippen MR) is 241 cm³/mol. The van der Waals surface area contributed by atoms with Gasteiger partial charge in [-0.25, -0.2) is 0 Å². The molecule has 0 saturated heterocycles. The molecule has 324 valence electrons. The Kier molecular flexibility index (Phi) is 41.8. The number of esters is 1. The van der Waals surface area contributed by atoms with E-state index < -0.39 is 18.2 Å². The molecule has 0 aliphatic heterocycles. The van der Waals surface area contributed by atoms with Crippen molar-refractivity contribution >= 4 is 11.9 Å². The molecule has 3 unspecified atom stereocenters. The molecule has 0 radical (unpaired) electrons. The molecule has 6 nitrogen and oxygen atoms in total. The van der Waals surface area contributed by atoms with Crippen molar-refractivity contribution in [1.29, 1.82) is 0 Å². The number of allylic oxidation sites excluding steroid dienone is 10. The topological polar surface area (TPSA) is 95.9 Å². The Labute approximate surface area is 346 Å². The molecule has 0 aromatic heterocycles. The Morgan fingerprint density at radius 1 is 0.518 bits per heavy atom. The summed E-state index contributed by atoms with van der Waals surface area (Å²) in [5, 5.41) is 23.6. The molecule has 0 heterocycles. The van der Waals surface area contributed by atoms with Crippen molar-refractivity contribution in [1.82, 2.24) is 5.32 Å². The quantitative estimate of drug-likeness (QED) is 0.0326. The van der Waals surface area contributed by atoms with E-state index in [2.05, 4.69) is 62.5 Å². The third kappa shape index (κ3) is 38.4. The highest BCUT2D eigenvalue weighted by Crippen LogP contribution is 2.17. The van der Waals surface area contributed by atoms with Crippen LogP contribution in [0.1, 0.15) is 220 Å². The van der Waals surface area contributed by atoms with E-state index in [-0.39, 0.29) is 24.9 Å². The number of amides is 1. The lowest BCUT2D eigenvalue weighted by atomic mass is 10.0. The lowest BCUT2D eigenvalue weighted by molar-refractivity contribution is -0.151. The summed E-state index contributed by atoms with van der Waals surface area (Å²) in [4.78, 5) is 25.9. The van der Waals surface area contributed by atoms with Crippen molar-refractivity contribution in [3.05, 3.63) is 60.8 Å². The minimum atomic E-state index is -0.790. The molecule has 0 fully saturated rings. The van der Waals surface area contributed by atoms with Gasteiger partial charge in [0.1, 0.15) is 6.10 Å². The van der Waals surface area contributed by atoms with Crippen molar-refractivity contribution in [3.63, 3.8) is 0 Å². The minimum absolute atomic E-state index is 0.0661. The number of carbonyl (C=O) groups is 2. The fourth-order valence-electron chi connectivity index (χ4n) is 6.87. The van der Waals surface area contributed by atoms with Crippen LogP contribution in [0.4, 0.5) is 0 Å². The first kappa shape index (κ1) is 53.6. The number of rotatable bonds is 41. The van der Waals surface area contributed by atoms with Gasteiger partial charge in [-0.3, -0.25) is 9.59 Å². The first-order valence-electron chi connectivity index (χ1n) is 23.6. The van der Waals surface area contributed by atoms with Crippen molar-refractivity contribution in [2.75, 3.05) is 6.61 Å². The first-order chi connectivity index (χ1) is 27.5. The second kappa shape index (κ2) is 43.7. The summed E-state index contributed by atoms with van der Waals surface area (Å²) in [7, 11) is 0. The molecule has 6 heteroatoms. The van der Waals surface area contributed by atoms with E-state index in [1.54, 1.807) is 0 Å². The van der Waals surface area contributed by atoms with E-state index >= 15 is 0 Å². The van der Waals surface area contributed by atoms with Gasteiger partial charge in [0.25, 0.3) is 0 Å². The Balaban J connectivity index is 4.52. The minimum Gasteiger partial charge on any atom is -0.462 e. The van der Waals surface area contributed by atoms with Crippen LogP contribution in [-0.2, 0) is 14.3 Å². The van der Waals surface area contributed by atoms with Gasteiger partial charge in [-0.05, 0) is 44.9 Å². The summed E-state index contributed by atoms with van der Waals surface area (Å²) in [6.45, 7) is 6.35. The fourth-order valence-corrected chi connectivity index (χ4v) is 6.87. The van der Waals surface area contributed by atoms with E-state index in [0.29, 0.717) is 19.3 Å². The van der Waals surface area contributed by atoms with Gasteiger partial charge in [0.15, 0.2) is 0 Å². The van der Waals surface area contributed by atoms with Crippen LogP contribution in [0.2, 0.25) is 0 Å². The molecule has 0 aromatic rings. The molecule has 0 saturated carbocycles. The molecule has 3 N–H and O–H groups in total. The second-order valence-electron chi connectivity index (χ2n) is 15.9. The SMILES string of the molecule is CCC/C=C/C=C/C=C/C=C/C=C/CCCCCCCC(=O)OC(CCCCCCCCCC)CC(=O)NC(CO)C(O)CCCCCCCCCCCCC. The molecule has 0 spiro atoms. The van der Waals surface area contributed by atoms with Gasteiger partial charge in [-0.15, -0.1) is 0 Å². The highest BCUT2D eigenvalue weighted by atomic mass is 16.5.